The molecule has 1 N–H and O–H groups in total. The Morgan fingerprint density at radius 3 is 1.73 bits per heavy atom. The minimum absolute atomic E-state index is 0.0282. The van der Waals surface area contributed by atoms with E-state index in [1.165, 1.54) is 0 Å². The maximum atomic E-state index is 10.8. The van der Waals surface area contributed by atoms with Crippen molar-refractivity contribution in [3.63, 3.8) is 0 Å². The quantitative estimate of drug-likeness (QED) is 0.352. The minimum Gasteiger partial charge on any atom is -0.478 e. The highest BCUT2D eigenvalue weighted by Gasteiger charge is 2.43. The molecule has 0 amide bonds. The third-order valence-corrected chi connectivity index (χ3v) is 6.18. The Bertz CT molecular complexity index is 337. The summed E-state index contributed by atoms with van der Waals surface area (Å²) in [6, 6.07) is 0.685. The molecule has 0 radical (unpaired) electrons. The first-order chi connectivity index (χ1) is 10.1. The first-order valence-electron chi connectivity index (χ1n) is 8.01. The van der Waals surface area contributed by atoms with Gasteiger partial charge in [-0.05, 0) is 61.3 Å². The predicted octanol–water partition coefficient (Wildman–Crippen LogP) is 4.01. The molecule has 0 aromatic rings. The Morgan fingerprint density at radius 2 is 1.41 bits per heavy atom. The zero-order valence-corrected chi connectivity index (χ0v) is 16.0. The summed E-state index contributed by atoms with van der Waals surface area (Å²) < 4.78 is 18.2. The highest BCUT2D eigenvalue weighted by atomic mass is 28.4. The monoisotopic (exact) mass is 332 g/mol. The van der Waals surface area contributed by atoms with Gasteiger partial charge in [-0.1, -0.05) is 6.08 Å². The van der Waals surface area contributed by atoms with Gasteiger partial charge in [-0.15, -0.1) is 0 Å². The summed E-state index contributed by atoms with van der Waals surface area (Å²) >= 11 is 0. The second-order valence-electron chi connectivity index (χ2n) is 6.27. The molecular weight excluding hydrogens is 300 g/mol. The Labute approximate surface area is 136 Å². The fourth-order valence-electron chi connectivity index (χ4n) is 2.06. The second-order valence-corrected chi connectivity index (χ2v) is 8.84. The van der Waals surface area contributed by atoms with E-state index in [0.29, 0.717) is 18.0 Å². The van der Waals surface area contributed by atoms with Crippen molar-refractivity contribution in [3.8, 4) is 0 Å². The fourth-order valence-corrected chi connectivity index (χ4v) is 5.37. The van der Waals surface area contributed by atoms with Gasteiger partial charge in [0.05, 0.1) is 0 Å². The van der Waals surface area contributed by atoms with E-state index in [4.69, 9.17) is 18.4 Å². The topological polar surface area (TPSA) is 65.0 Å². The molecule has 0 saturated carbocycles. The number of hydrogen-bond acceptors (Lipinski definition) is 4. The smallest absolute Gasteiger partial charge is 0.478 e. The Kier molecular flexibility index (Phi) is 9.83. The summed E-state index contributed by atoms with van der Waals surface area (Å²) in [5.41, 5.74) is 0.367. The Hall–Kier alpha value is -0.693. The molecule has 0 aliphatic heterocycles. The number of carboxylic acid groups (broad SMARTS) is 1. The Balaban J connectivity index is 4.88. The molecule has 0 aliphatic carbocycles. The van der Waals surface area contributed by atoms with Crippen molar-refractivity contribution in [3.05, 3.63) is 11.6 Å². The van der Waals surface area contributed by atoms with E-state index in [9.17, 15) is 4.79 Å². The van der Waals surface area contributed by atoms with Gasteiger partial charge in [0.1, 0.15) is 0 Å². The lowest BCUT2D eigenvalue weighted by atomic mass is 10.2. The van der Waals surface area contributed by atoms with E-state index in [1.54, 1.807) is 13.0 Å². The largest absolute Gasteiger partial charge is 0.501 e. The normalized spacial score (nSPS) is 13.5. The van der Waals surface area contributed by atoms with Gasteiger partial charge in [0.15, 0.2) is 0 Å². The van der Waals surface area contributed by atoms with E-state index < -0.39 is 14.8 Å². The van der Waals surface area contributed by atoms with E-state index in [0.717, 1.165) is 6.42 Å². The summed E-state index contributed by atoms with van der Waals surface area (Å²) in [4.78, 5) is 10.8. The zero-order valence-electron chi connectivity index (χ0n) is 15.0. The molecule has 0 rings (SSSR count). The molecule has 22 heavy (non-hydrogen) atoms. The first-order valence-corrected chi connectivity index (χ1v) is 9.94. The average Bonchev–Trinajstić information content (AvgIpc) is 2.31. The maximum absolute atomic E-state index is 10.8. The molecule has 0 aromatic carbocycles. The third-order valence-electron chi connectivity index (χ3n) is 2.72. The molecule has 0 atom stereocenters. The zero-order chi connectivity index (χ0) is 17.3. The second kappa shape index (κ2) is 10.2. The predicted molar refractivity (Wildman–Crippen MR) is 89.9 cm³/mol. The van der Waals surface area contributed by atoms with Gasteiger partial charge >= 0.3 is 14.8 Å². The summed E-state index contributed by atoms with van der Waals surface area (Å²) in [6.45, 7) is 13.5. The van der Waals surface area contributed by atoms with Gasteiger partial charge in [0.25, 0.3) is 0 Å². The van der Waals surface area contributed by atoms with Crippen molar-refractivity contribution in [1.82, 2.24) is 0 Å². The lowest BCUT2D eigenvalue weighted by Crippen LogP contribution is -2.50. The van der Waals surface area contributed by atoms with Crippen LogP contribution in [-0.2, 0) is 18.1 Å². The van der Waals surface area contributed by atoms with Gasteiger partial charge < -0.3 is 18.4 Å². The van der Waals surface area contributed by atoms with Crippen molar-refractivity contribution in [2.45, 2.75) is 85.7 Å². The van der Waals surface area contributed by atoms with Crippen LogP contribution in [0.1, 0.15) is 61.3 Å². The Morgan fingerprint density at radius 1 is 1.00 bits per heavy atom. The van der Waals surface area contributed by atoms with Crippen molar-refractivity contribution < 1.29 is 23.2 Å². The van der Waals surface area contributed by atoms with Gasteiger partial charge in [-0.3, -0.25) is 0 Å². The molecule has 5 nitrogen and oxygen atoms in total. The number of carbonyl (C=O) groups is 1. The highest BCUT2D eigenvalue weighted by molar-refractivity contribution is 6.60. The molecule has 0 aromatic heterocycles. The van der Waals surface area contributed by atoms with E-state index >= 15 is 0 Å². The number of carboxylic acids is 1. The van der Waals surface area contributed by atoms with Gasteiger partial charge in [-0.2, -0.15) is 0 Å². The summed E-state index contributed by atoms with van der Waals surface area (Å²) in [6.07, 6.45) is 3.28. The van der Waals surface area contributed by atoms with Crippen LogP contribution in [0, 0.1) is 0 Å². The van der Waals surface area contributed by atoms with Crippen molar-refractivity contribution in [1.29, 1.82) is 0 Å². The number of hydrogen-bond donors (Lipinski definition) is 1. The van der Waals surface area contributed by atoms with Crippen LogP contribution >= 0.6 is 0 Å². The molecule has 6 heteroatoms. The molecule has 0 bridgehead atoms. The van der Waals surface area contributed by atoms with Crippen LogP contribution in [0.4, 0.5) is 0 Å². The van der Waals surface area contributed by atoms with Crippen molar-refractivity contribution in [2.24, 2.45) is 0 Å². The van der Waals surface area contributed by atoms with Gasteiger partial charge in [0.2, 0.25) is 0 Å². The molecule has 0 saturated heterocycles. The van der Waals surface area contributed by atoms with Crippen LogP contribution < -0.4 is 0 Å². The summed E-state index contributed by atoms with van der Waals surface area (Å²) in [5, 5.41) is 8.86. The number of rotatable bonds is 11. The fraction of sp³-hybridized carbons (Fsp3) is 0.812. The standard InChI is InChI=1S/C16H32O5Si/c1-12(2)19-22(20-13(3)4,21-14(5)6)11-9-8-10-15(7)16(17)18/h10,12-14H,8-9,11H2,1-7H3,(H,17,18). The number of allylic oxidation sites excluding steroid dienone is 1. The molecule has 0 heterocycles. The van der Waals surface area contributed by atoms with Crippen molar-refractivity contribution in [2.75, 3.05) is 0 Å². The molecular formula is C16H32O5Si. The SMILES string of the molecule is CC(=CCCC[Si](OC(C)C)(OC(C)C)OC(C)C)C(=O)O. The number of aliphatic carboxylic acids is 1. The third kappa shape index (κ3) is 9.35. The van der Waals surface area contributed by atoms with Crippen LogP contribution in [0.15, 0.2) is 11.6 Å². The van der Waals surface area contributed by atoms with Crippen molar-refractivity contribution >= 4 is 14.8 Å². The number of unbranched alkanes of at least 4 members (excludes halogenated alkanes) is 1. The first kappa shape index (κ1) is 21.3. The van der Waals surface area contributed by atoms with Crippen LogP contribution in [0.3, 0.4) is 0 Å². The van der Waals surface area contributed by atoms with Gasteiger partial charge in [-0.25, -0.2) is 4.79 Å². The maximum Gasteiger partial charge on any atom is 0.501 e. The lowest BCUT2D eigenvalue weighted by molar-refractivity contribution is -0.132. The lowest BCUT2D eigenvalue weighted by Gasteiger charge is -2.34. The minimum atomic E-state index is -2.76. The molecule has 0 aliphatic rings. The van der Waals surface area contributed by atoms with Gasteiger partial charge in [0, 0.05) is 29.9 Å². The summed E-state index contributed by atoms with van der Waals surface area (Å²) in [7, 11) is -2.76. The van der Waals surface area contributed by atoms with Crippen LogP contribution in [-0.4, -0.2) is 38.2 Å². The molecule has 130 valence electrons. The molecule has 0 spiro atoms. The van der Waals surface area contributed by atoms with Crippen LogP contribution in [0.5, 0.6) is 0 Å². The van der Waals surface area contributed by atoms with Crippen LogP contribution in [0.2, 0.25) is 6.04 Å². The van der Waals surface area contributed by atoms with Crippen LogP contribution in [0.25, 0.3) is 0 Å². The van der Waals surface area contributed by atoms with E-state index in [-0.39, 0.29) is 18.3 Å². The highest BCUT2D eigenvalue weighted by Crippen LogP contribution is 2.24. The molecule has 0 unspecified atom stereocenters. The van der Waals surface area contributed by atoms with E-state index in [1.807, 2.05) is 41.5 Å². The summed E-state index contributed by atoms with van der Waals surface area (Å²) in [5.74, 6) is -0.876. The van der Waals surface area contributed by atoms with E-state index in [2.05, 4.69) is 0 Å². The average molecular weight is 333 g/mol. The molecule has 0 fully saturated rings.